The largest absolute Gasteiger partial charge is 0.354 e. The van der Waals surface area contributed by atoms with Gasteiger partial charge in [-0.15, -0.1) is 0 Å². The third-order valence-electron chi connectivity index (χ3n) is 5.35. The fourth-order valence-electron chi connectivity index (χ4n) is 4.18. The smallest absolute Gasteiger partial charge is 0.0595 e. The second kappa shape index (κ2) is 4.77. The summed E-state index contributed by atoms with van der Waals surface area (Å²) < 4.78 is 2.30. The molecule has 0 radical (unpaired) electrons. The molecular formula is C17H18Cl2N2. The van der Waals surface area contributed by atoms with Crippen molar-refractivity contribution in [1.82, 2.24) is 9.88 Å². The second-order valence-corrected chi connectivity index (χ2v) is 7.26. The summed E-state index contributed by atoms with van der Waals surface area (Å²) in [5, 5.41) is 4.89. The monoisotopic (exact) mass is 320 g/mol. The average Bonchev–Trinajstić information content (AvgIpc) is 2.88. The van der Waals surface area contributed by atoms with Crippen molar-refractivity contribution in [3.05, 3.63) is 58.3 Å². The molecule has 1 aromatic heterocycles. The van der Waals surface area contributed by atoms with Crippen LogP contribution >= 0.6 is 23.2 Å². The van der Waals surface area contributed by atoms with E-state index in [0.717, 1.165) is 19.6 Å². The lowest BCUT2D eigenvalue weighted by Crippen LogP contribution is -2.40. The Hall–Kier alpha value is -0.960. The first-order valence-electron chi connectivity index (χ1n) is 7.42. The summed E-state index contributed by atoms with van der Waals surface area (Å²) in [7, 11) is 0. The van der Waals surface area contributed by atoms with Crippen LogP contribution < -0.4 is 5.32 Å². The van der Waals surface area contributed by atoms with E-state index in [9.17, 15) is 0 Å². The maximum atomic E-state index is 6.25. The van der Waals surface area contributed by atoms with E-state index in [1.165, 1.54) is 18.4 Å². The predicted molar refractivity (Wildman–Crippen MR) is 87.1 cm³/mol. The Morgan fingerprint density at radius 2 is 1.95 bits per heavy atom. The van der Waals surface area contributed by atoms with Crippen molar-refractivity contribution >= 4 is 23.2 Å². The highest BCUT2D eigenvalue weighted by Crippen LogP contribution is 2.68. The Morgan fingerprint density at radius 3 is 2.71 bits per heavy atom. The van der Waals surface area contributed by atoms with E-state index in [1.54, 1.807) is 0 Å². The third-order valence-corrected chi connectivity index (χ3v) is 6.08. The van der Waals surface area contributed by atoms with Crippen molar-refractivity contribution in [2.24, 2.45) is 5.41 Å². The zero-order valence-corrected chi connectivity index (χ0v) is 13.3. The number of rotatable bonds is 3. The van der Waals surface area contributed by atoms with E-state index in [2.05, 4.69) is 46.5 Å². The molecule has 4 rings (SSSR count). The number of hydrogen-bond acceptors (Lipinski definition) is 1. The molecule has 2 atom stereocenters. The molecular weight excluding hydrogens is 303 g/mol. The number of halogens is 2. The number of nitrogens with one attached hydrogen (secondary N) is 1. The maximum absolute atomic E-state index is 6.25. The van der Waals surface area contributed by atoms with E-state index in [4.69, 9.17) is 23.2 Å². The minimum atomic E-state index is 0.261. The Morgan fingerprint density at radius 1 is 1.14 bits per heavy atom. The third kappa shape index (κ3) is 2.04. The fraction of sp³-hybridized carbons (Fsp3) is 0.412. The van der Waals surface area contributed by atoms with Crippen LogP contribution in [0.2, 0.25) is 10.0 Å². The fourth-order valence-corrected chi connectivity index (χ4v) is 4.48. The zero-order chi connectivity index (χ0) is 14.5. The van der Waals surface area contributed by atoms with Gasteiger partial charge in [-0.1, -0.05) is 29.3 Å². The molecule has 2 aliphatic rings. The molecule has 0 bridgehead atoms. The Labute approximate surface area is 135 Å². The molecule has 2 aromatic rings. The van der Waals surface area contributed by atoms with Crippen LogP contribution in [0.25, 0.3) is 0 Å². The molecule has 1 aliphatic carbocycles. The lowest BCUT2D eigenvalue weighted by Gasteiger charge is -2.32. The van der Waals surface area contributed by atoms with Gasteiger partial charge in [-0.2, -0.15) is 0 Å². The summed E-state index contributed by atoms with van der Waals surface area (Å²) in [4.78, 5) is 0. The topological polar surface area (TPSA) is 17.0 Å². The van der Waals surface area contributed by atoms with Gasteiger partial charge in [0.2, 0.25) is 0 Å². The molecule has 2 nitrogen and oxygen atoms in total. The molecule has 2 unspecified atom stereocenters. The van der Waals surface area contributed by atoms with Crippen molar-refractivity contribution in [3.8, 4) is 0 Å². The summed E-state index contributed by atoms with van der Waals surface area (Å²) in [6, 6.07) is 10.4. The number of fused-ring (bicyclic) bond motifs is 1. The molecule has 1 saturated heterocycles. The van der Waals surface area contributed by atoms with Crippen molar-refractivity contribution in [2.45, 2.75) is 24.8 Å². The minimum Gasteiger partial charge on any atom is -0.354 e. The highest BCUT2D eigenvalue weighted by molar-refractivity contribution is 6.42. The van der Waals surface area contributed by atoms with Gasteiger partial charge in [0, 0.05) is 36.3 Å². The molecule has 110 valence electrons. The molecule has 1 aliphatic heterocycles. The van der Waals surface area contributed by atoms with Crippen molar-refractivity contribution in [2.75, 3.05) is 13.1 Å². The number of nitrogens with zero attached hydrogens (tertiary/aromatic N) is 1. The van der Waals surface area contributed by atoms with Gasteiger partial charge < -0.3 is 9.88 Å². The maximum Gasteiger partial charge on any atom is 0.0595 e. The van der Waals surface area contributed by atoms with Gasteiger partial charge in [0.05, 0.1) is 10.0 Å². The number of piperidine rings is 1. The van der Waals surface area contributed by atoms with Crippen LogP contribution in [-0.4, -0.2) is 17.7 Å². The summed E-state index contributed by atoms with van der Waals surface area (Å²) in [5.41, 5.74) is 1.92. The lowest BCUT2D eigenvalue weighted by atomic mass is 9.81. The molecule has 2 heterocycles. The first-order chi connectivity index (χ1) is 10.2. The van der Waals surface area contributed by atoms with E-state index in [-0.39, 0.29) is 5.41 Å². The van der Waals surface area contributed by atoms with Gasteiger partial charge in [-0.05, 0) is 49.2 Å². The molecule has 21 heavy (non-hydrogen) atoms. The molecule has 1 N–H and O–H groups in total. The van der Waals surface area contributed by atoms with Gasteiger partial charge in [-0.25, -0.2) is 0 Å². The molecule has 2 fully saturated rings. The average molecular weight is 321 g/mol. The van der Waals surface area contributed by atoms with Crippen LogP contribution in [0.5, 0.6) is 0 Å². The minimum absolute atomic E-state index is 0.261. The van der Waals surface area contributed by atoms with E-state index < -0.39 is 0 Å². The number of benzene rings is 1. The lowest BCUT2D eigenvalue weighted by molar-refractivity contribution is 0.285. The molecule has 4 heteroatoms. The molecule has 0 amide bonds. The standard InChI is InChI=1S/C17H18Cl2N2/c18-14-4-3-13(9-15(14)19)17-5-6-20-11-16(17,10-17)12-21-7-1-2-8-21/h1-4,7-9,20H,5-6,10-12H2. The van der Waals surface area contributed by atoms with Gasteiger partial charge in [0.15, 0.2) is 0 Å². The van der Waals surface area contributed by atoms with Gasteiger partial charge in [-0.3, -0.25) is 0 Å². The van der Waals surface area contributed by atoms with Crippen molar-refractivity contribution < 1.29 is 0 Å². The zero-order valence-electron chi connectivity index (χ0n) is 11.8. The molecule has 1 saturated carbocycles. The van der Waals surface area contributed by atoms with E-state index in [1.807, 2.05) is 6.07 Å². The number of hydrogen-bond donors (Lipinski definition) is 1. The first-order valence-corrected chi connectivity index (χ1v) is 8.18. The Bertz CT molecular complexity index is 667. The highest BCUT2D eigenvalue weighted by atomic mass is 35.5. The van der Waals surface area contributed by atoms with Crippen LogP contribution in [0.3, 0.4) is 0 Å². The first kappa shape index (κ1) is 13.7. The van der Waals surface area contributed by atoms with Gasteiger partial charge >= 0.3 is 0 Å². The summed E-state index contributed by atoms with van der Waals surface area (Å²) >= 11 is 12.3. The van der Waals surface area contributed by atoms with E-state index in [0.29, 0.717) is 15.5 Å². The molecule has 1 aromatic carbocycles. The quantitative estimate of drug-likeness (QED) is 0.900. The summed E-state index contributed by atoms with van der Waals surface area (Å²) in [6.07, 6.45) is 6.71. The normalized spacial score (nSPS) is 31.0. The van der Waals surface area contributed by atoms with Crippen LogP contribution in [-0.2, 0) is 12.0 Å². The van der Waals surface area contributed by atoms with Crippen LogP contribution in [0.4, 0.5) is 0 Å². The Kier molecular flexibility index (Phi) is 3.11. The van der Waals surface area contributed by atoms with Crippen LogP contribution in [0.1, 0.15) is 18.4 Å². The van der Waals surface area contributed by atoms with Crippen molar-refractivity contribution in [3.63, 3.8) is 0 Å². The summed E-state index contributed by atoms with van der Waals surface area (Å²) in [6.45, 7) is 3.21. The van der Waals surface area contributed by atoms with Crippen molar-refractivity contribution in [1.29, 1.82) is 0 Å². The Balaban J connectivity index is 1.70. The number of aromatic nitrogens is 1. The van der Waals surface area contributed by atoms with E-state index >= 15 is 0 Å². The van der Waals surface area contributed by atoms with Crippen LogP contribution in [0, 0.1) is 5.41 Å². The van der Waals surface area contributed by atoms with Gasteiger partial charge in [0.25, 0.3) is 0 Å². The highest BCUT2D eigenvalue weighted by Gasteiger charge is 2.68. The second-order valence-electron chi connectivity index (χ2n) is 6.45. The SMILES string of the molecule is Clc1ccc(C23CCNCC2(Cn2cccc2)C3)cc1Cl. The predicted octanol–water partition coefficient (Wildman–Crippen LogP) is 4.12. The summed E-state index contributed by atoms with van der Waals surface area (Å²) in [5.74, 6) is 0. The van der Waals surface area contributed by atoms with Gasteiger partial charge in [0.1, 0.15) is 0 Å². The van der Waals surface area contributed by atoms with Crippen LogP contribution in [0.15, 0.2) is 42.7 Å². The molecule has 0 spiro atoms.